The van der Waals surface area contributed by atoms with Gasteiger partial charge in [0.15, 0.2) is 0 Å². The Morgan fingerprint density at radius 2 is 1.98 bits per heavy atom. The summed E-state index contributed by atoms with van der Waals surface area (Å²) in [6.45, 7) is 5.52. The zero-order valence-electron chi connectivity index (χ0n) is 26.4. The van der Waals surface area contributed by atoms with Crippen molar-refractivity contribution in [2.24, 2.45) is 23.7 Å². The summed E-state index contributed by atoms with van der Waals surface area (Å²) in [6.07, 6.45) is 10.4. The SMILES string of the molecule is CNC(=O)C[C@@H]1/C=C/[C@@H]2CC[C@H]2CN2C[C@@]3(CCCc4cc(Cl)ccc43)COc3ccc(cc32)C(=O)NS(=O)(=O)[C@H](C)[C@@H](C)C1. The number of ether oxygens (including phenoxy) is 1. The van der Waals surface area contributed by atoms with Gasteiger partial charge in [-0.25, -0.2) is 13.1 Å². The van der Waals surface area contributed by atoms with E-state index in [-0.39, 0.29) is 35.1 Å². The third-order valence-corrected chi connectivity index (χ3v) is 12.9. The summed E-state index contributed by atoms with van der Waals surface area (Å²) in [5.74, 6) is 0.350. The minimum Gasteiger partial charge on any atom is -0.490 e. The Bertz CT molecular complexity index is 1610. The number of allylic oxidation sites excluding steroid dienone is 2. The summed E-state index contributed by atoms with van der Waals surface area (Å²) in [5, 5.41) is 2.62. The van der Waals surface area contributed by atoms with Crippen LogP contribution in [0.4, 0.5) is 5.69 Å². The molecular formula is C35H44ClN3O5S. The predicted octanol–water partition coefficient (Wildman–Crippen LogP) is 5.64. The van der Waals surface area contributed by atoms with Crippen molar-refractivity contribution in [3.63, 3.8) is 0 Å². The standard InChI is InChI=1S/C35H44ClN3O5S/c1-22-15-24(16-33(40)37-3)6-7-25-8-9-28(25)19-39-20-35(14-4-5-26-17-29(36)11-12-30(26)35)21-44-32-13-10-27(18-31(32)39)34(41)38-45(42,43)23(22)2/h6-7,10-13,17-18,22-25,28H,4-5,8-9,14-16,19-21H2,1-3H3,(H,37,40)(H,38,41)/b7-6+/t22-,23+,24+,25+,28-,35-/m0/s1. The van der Waals surface area contributed by atoms with Crippen LogP contribution in [0, 0.1) is 23.7 Å². The molecule has 2 aliphatic carbocycles. The Morgan fingerprint density at radius 3 is 2.73 bits per heavy atom. The monoisotopic (exact) mass is 653 g/mol. The maximum atomic E-state index is 13.5. The Labute approximate surface area is 272 Å². The highest BCUT2D eigenvalue weighted by Gasteiger charge is 2.43. The number of nitrogens with zero attached hydrogens (tertiary/aromatic N) is 1. The molecule has 1 spiro atoms. The van der Waals surface area contributed by atoms with Gasteiger partial charge in [0.25, 0.3) is 5.91 Å². The molecule has 10 heteroatoms. The molecule has 0 unspecified atom stereocenters. The number of amides is 2. The topological polar surface area (TPSA) is 105 Å². The van der Waals surface area contributed by atoms with Crippen LogP contribution in [0.3, 0.4) is 0 Å². The summed E-state index contributed by atoms with van der Waals surface area (Å²) in [5.41, 5.74) is 3.39. The Hall–Kier alpha value is -3.04. The van der Waals surface area contributed by atoms with E-state index in [0.29, 0.717) is 30.6 Å². The number of hydrogen-bond acceptors (Lipinski definition) is 6. The molecule has 2 aliphatic heterocycles. The van der Waals surface area contributed by atoms with Crippen molar-refractivity contribution in [2.75, 3.05) is 31.6 Å². The molecule has 45 heavy (non-hydrogen) atoms. The van der Waals surface area contributed by atoms with Crippen LogP contribution in [-0.2, 0) is 26.7 Å². The molecule has 4 aliphatic rings. The van der Waals surface area contributed by atoms with Crippen LogP contribution in [0.5, 0.6) is 5.75 Å². The number of aryl methyl sites for hydroxylation is 1. The van der Waals surface area contributed by atoms with Crippen molar-refractivity contribution in [3.05, 3.63) is 70.3 Å². The fraction of sp³-hybridized carbons (Fsp3) is 0.543. The third kappa shape index (κ3) is 6.48. The molecule has 6 atom stereocenters. The molecule has 2 heterocycles. The number of nitrogens with one attached hydrogen (secondary N) is 2. The Kier molecular flexibility index (Phi) is 8.96. The van der Waals surface area contributed by atoms with Crippen LogP contribution in [0.2, 0.25) is 5.02 Å². The lowest BCUT2D eigenvalue weighted by molar-refractivity contribution is -0.121. The number of hydrogen-bond donors (Lipinski definition) is 2. The number of halogens is 1. The van der Waals surface area contributed by atoms with E-state index in [1.54, 1.807) is 26.1 Å². The van der Waals surface area contributed by atoms with Gasteiger partial charge in [-0.05, 0) is 111 Å². The minimum absolute atomic E-state index is 0.0739. The second kappa shape index (κ2) is 12.6. The number of sulfonamides is 1. The van der Waals surface area contributed by atoms with E-state index in [1.807, 2.05) is 19.1 Å². The molecule has 2 aromatic rings. The maximum absolute atomic E-state index is 13.5. The number of carbonyl (C=O) groups is 2. The van der Waals surface area contributed by atoms with Crippen LogP contribution < -0.4 is 19.7 Å². The lowest BCUT2D eigenvalue weighted by atomic mass is 9.69. The molecule has 0 radical (unpaired) electrons. The van der Waals surface area contributed by atoms with Gasteiger partial charge in [0.2, 0.25) is 15.9 Å². The van der Waals surface area contributed by atoms with E-state index in [1.165, 1.54) is 11.1 Å². The van der Waals surface area contributed by atoms with Crippen molar-refractivity contribution in [1.82, 2.24) is 10.0 Å². The highest BCUT2D eigenvalue weighted by atomic mass is 35.5. The van der Waals surface area contributed by atoms with Crippen LogP contribution in [0.15, 0.2) is 48.6 Å². The fourth-order valence-electron chi connectivity index (χ4n) is 7.74. The van der Waals surface area contributed by atoms with Crippen molar-refractivity contribution in [1.29, 1.82) is 0 Å². The first kappa shape index (κ1) is 31.9. The predicted molar refractivity (Wildman–Crippen MR) is 177 cm³/mol. The number of rotatable bonds is 2. The number of benzene rings is 2. The van der Waals surface area contributed by atoms with Gasteiger partial charge in [0.1, 0.15) is 5.75 Å². The molecule has 1 fully saturated rings. The normalized spacial score (nSPS) is 31.7. The largest absolute Gasteiger partial charge is 0.490 e. The molecular weight excluding hydrogens is 610 g/mol. The van der Waals surface area contributed by atoms with Gasteiger partial charge in [0.05, 0.1) is 17.5 Å². The van der Waals surface area contributed by atoms with Crippen molar-refractivity contribution in [2.45, 2.75) is 69.5 Å². The zero-order chi connectivity index (χ0) is 31.9. The quantitative estimate of drug-likeness (QED) is 0.407. The minimum atomic E-state index is -3.98. The summed E-state index contributed by atoms with van der Waals surface area (Å²) < 4.78 is 35.8. The van der Waals surface area contributed by atoms with Crippen LogP contribution in [-0.4, -0.2) is 52.2 Å². The summed E-state index contributed by atoms with van der Waals surface area (Å²) in [4.78, 5) is 28.3. The van der Waals surface area contributed by atoms with E-state index < -0.39 is 21.2 Å². The second-order valence-corrected chi connectivity index (χ2v) is 16.2. The first-order valence-corrected chi connectivity index (χ1v) is 18.2. The van der Waals surface area contributed by atoms with Crippen molar-refractivity contribution < 1.29 is 22.7 Å². The van der Waals surface area contributed by atoms with Gasteiger partial charge in [-0.15, -0.1) is 0 Å². The summed E-state index contributed by atoms with van der Waals surface area (Å²) in [6, 6.07) is 11.5. The van der Waals surface area contributed by atoms with Crippen molar-refractivity contribution in [3.8, 4) is 5.75 Å². The molecule has 0 saturated heterocycles. The smallest absolute Gasteiger partial charge is 0.264 e. The zero-order valence-corrected chi connectivity index (χ0v) is 27.9. The maximum Gasteiger partial charge on any atom is 0.264 e. The van der Waals surface area contributed by atoms with Gasteiger partial charge in [-0.1, -0.05) is 36.7 Å². The summed E-state index contributed by atoms with van der Waals surface area (Å²) in [7, 11) is -2.36. The van der Waals surface area contributed by atoms with Crippen LogP contribution in [0.25, 0.3) is 0 Å². The Balaban J connectivity index is 1.41. The van der Waals surface area contributed by atoms with Crippen molar-refractivity contribution >= 4 is 39.1 Å². The van der Waals surface area contributed by atoms with Gasteiger partial charge in [-0.2, -0.15) is 0 Å². The molecule has 242 valence electrons. The van der Waals surface area contributed by atoms with Crippen LogP contribution in [0.1, 0.15) is 73.9 Å². The number of anilines is 1. The van der Waals surface area contributed by atoms with E-state index in [0.717, 1.165) is 55.9 Å². The molecule has 2 aromatic carbocycles. The highest BCUT2D eigenvalue weighted by molar-refractivity contribution is 7.90. The first-order chi connectivity index (χ1) is 21.5. The molecule has 2 amide bonds. The molecule has 6 rings (SSSR count). The summed E-state index contributed by atoms with van der Waals surface area (Å²) >= 11 is 6.41. The van der Waals surface area contributed by atoms with E-state index in [4.69, 9.17) is 16.3 Å². The fourth-order valence-corrected chi connectivity index (χ4v) is 9.22. The van der Waals surface area contributed by atoms with Gasteiger partial charge in [-0.3, -0.25) is 9.59 Å². The Morgan fingerprint density at radius 1 is 1.16 bits per heavy atom. The molecule has 1 saturated carbocycles. The van der Waals surface area contributed by atoms with Gasteiger partial charge < -0.3 is 15.0 Å². The lowest BCUT2D eigenvalue weighted by Gasteiger charge is -2.44. The molecule has 0 aromatic heterocycles. The van der Waals surface area contributed by atoms with E-state index >= 15 is 0 Å². The first-order valence-electron chi connectivity index (χ1n) is 16.2. The average Bonchev–Trinajstić information content (AvgIpc) is 3.14. The highest BCUT2D eigenvalue weighted by Crippen LogP contribution is 2.46. The lowest BCUT2D eigenvalue weighted by Crippen LogP contribution is -2.48. The third-order valence-electron chi connectivity index (χ3n) is 10.8. The van der Waals surface area contributed by atoms with Gasteiger partial charge in [0, 0.05) is 42.6 Å². The van der Waals surface area contributed by atoms with E-state index in [9.17, 15) is 18.0 Å². The van der Waals surface area contributed by atoms with E-state index in [2.05, 4.69) is 39.2 Å². The van der Waals surface area contributed by atoms with Crippen LogP contribution >= 0.6 is 11.6 Å². The number of carbonyl (C=O) groups excluding carboxylic acids is 2. The molecule has 2 bridgehead atoms. The molecule has 2 N–H and O–H groups in total. The second-order valence-electron chi connectivity index (χ2n) is 13.7. The number of fused-ring (bicyclic) bond motifs is 4. The van der Waals surface area contributed by atoms with Gasteiger partial charge >= 0.3 is 0 Å². The molecule has 8 nitrogen and oxygen atoms in total. The average molecular weight is 654 g/mol.